The van der Waals surface area contributed by atoms with Gasteiger partial charge in [-0.2, -0.15) is 0 Å². The molecule has 0 aromatic heterocycles. The van der Waals surface area contributed by atoms with Crippen LogP contribution in [0.4, 0.5) is 4.79 Å². The molecule has 4 nitrogen and oxygen atoms in total. The van der Waals surface area contributed by atoms with E-state index >= 15 is 0 Å². The Morgan fingerprint density at radius 3 is 2.62 bits per heavy atom. The first-order valence-electron chi connectivity index (χ1n) is 6.40. The molecular formula is C12H23N3O. The van der Waals surface area contributed by atoms with E-state index in [0.29, 0.717) is 6.04 Å². The molecule has 1 aliphatic carbocycles. The molecule has 2 aliphatic rings. The molecule has 92 valence electrons. The van der Waals surface area contributed by atoms with Crippen LogP contribution in [0.3, 0.4) is 0 Å². The van der Waals surface area contributed by atoms with E-state index in [-0.39, 0.29) is 17.6 Å². The summed E-state index contributed by atoms with van der Waals surface area (Å²) in [5.41, 5.74) is -0.00259. The summed E-state index contributed by atoms with van der Waals surface area (Å²) < 4.78 is 0. The lowest BCUT2D eigenvalue weighted by Gasteiger charge is -2.34. The normalized spacial score (nSPS) is 29.2. The Morgan fingerprint density at radius 2 is 1.94 bits per heavy atom. The number of hydrogen-bond donors (Lipinski definition) is 3. The van der Waals surface area contributed by atoms with E-state index in [4.69, 9.17) is 0 Å². The van der Waals surface area contributed by atoms with Crippen LogP contribution in [-0.2, 0) is 0 Å². The van der Waals surface area contributed by atoms with Gasteiger partial charge in [-0.05, 0) is 46.1 Å². The van der Waals surface area contributed by atoms with Gasteiger partial charge in [-0.3, -0.25) is 0 Å². The summed E-state index contributed by atoms with van der Waals surface area (Å²) in [5, 5.41) is 9.59. The number of carbonyl (C=O) groups excluding carboxylic acids is 1. The van der Waals surface area contributed by atoms with Crippen molar-refractivity contribution in [2.75, 3.05) is 6.54 Å². The number of amides is 2. The van der Waals surface area contributed by atoms with Crippen LogP contribution < -0.4 is 16.0 Å². The van der Waals surface area contributed by atoms with E-state index in [1.807, 2.05) is 0 Å². The zero-order valence-electron chi connectivity index (χ0n) is 10.3. The molecule has 1 unspecified atom stereocenters. The Hall–Kier alpha value is -0.770. The first-order chi connectivity index (χ1) is 7.58. The molecule has 0 spiro atoms. The van der Waals surface area contributed by atoms with E-state index in [1.54, 1.807) is 0 Å². The number of carbonyl (C=O) groups is 1. The van der Waals surface area contributed by atoms with Gasteiger partial charge >= 0.3 is 6.03 Å². The van der Waals surface area contributed by atoms with Gasteiger partial charge in [-0.1, -0.05) is 6.42 Å². The van der Waals surface area contributed by atoms with Crippen molar-refractivity contribution in [3.05, 3.63) is 0 Å². The van der Waals surface area contributed by atoms with Gasteiger partial charge in [0.1, 0.15) is 0 Å². The van der Waals surface area contributed by atoms with Crippen LogP contribution in [-0.4, -0.2) is 30.2 Å². The predicted molar refractivity (Wildman–Crippen MR) is 64.4 cm³/mol. The topological polar surface area (TPSA) is 53.2 Å². The maximum absolute atomic E-state index is 11.7. The molecule has 16 heavy (non-hydrogen) atoms. The standard InChI is InChI=1S/C12H23N3O/c1-12(2)10(5-3-4-8-13-12)15-11(16)14-9-6-7-9/h9-10,13H,3-8H2,1-2H3,(H2,14,15,16). The highest BCUT2D eigenvalue weighted by molar-refractivity contribution is 5.75. The first-order valence-corrected chi connectivity index (χ1v) is 6.40. The van der Waals surface area contributed by atoms with Crippen molar-refractivity contribution in [3.8, 4) is 0 Å². The lowest BCUT2D eigenvalue weighted by Crippen LogP contribution is -2.58. The number of nitrogens with one attached hydrogen (secondary N) is 3. The van der Waals surface area contributed by atoms with Crippen LogP contribution in [0.1, 0.15) is 46.0 Å². The highest BCUT2D eigenvalue weighted by Gasteiger charge is 2.32. The second kappa shape index (κ2) is 4.62. The van der Waals surface area contributed by atoms with Gasteiger partial charge in [-0.25, -0.2) is 4.79 Å². The molecule has 1 saturated carbocycles. The lowest BCUT2D eigenvalue weighted by atomic mass is 9.92. The average molecular weight is 225 g/mol. The van der Waals surface area contributed by atoms with E-state index in [2.05, 4.69) is 29.8 Å². The number of rotatable bonds is 2. The van der Waals surface area contributed by atoms with Crippen LogP contribution in [0.15, 0.2) is 0 Å². The molecule has 2 amide bonds. The van der Waals surface area contributed by atoms with Crippen molar-refractivity contribution >= 4 is 6.03 Å². The van der Waals surface area contributed by atoms with Crippen molar-refractivity contribution in [3.63, 3.8) is 0 Å². The van der Waals surface area contributed by atoms with Crippen LogP contribution >= 0.6 is 0 Å². The smallest absolute Gasteiger partial charge is 0.315 e. The fourth-order valence-corrected chi connectivity index (χ4v) is 2.23. The van der Waals surface area contributed by atoms with Crippen molar-refractivity contribution in [1.82, 2.24) is 16.0 Å². The Morgan fingerprint density at radius 1 is 1.19 bits per heavy atom. The van der Waals surface area contributed by atoms with Gasteiger partial charge in [-0.15, -0.1) is 0 Å². The molecule has 0 aromatic rings. The van der Waals surface area contributed by atoms with Gasteiger partial charge in [0.05, 0.1) is 0 Å². The largest absolute Gasteiger partial charge is 0.335 e. The quantitative estimate of drug-likeness (QED) is 0.665. The van der Waals surface area contributed by atoms with Crippen LogP contribution in [0, 0.1) is 0 Å². The Labute approximate surface area is 97.6 Å². The molecular weight excluding hydrogens is 202 g/mol. The van der Waals surface area contributed by atoms with Crippen LogP contribution in [0.2, 0.25) is 0 Å². The molecule has 1 heterocycles. The third-order valence-corrected chi connectivity index (χ3v) is 3.59. The molecule has 4 heteroatoms. The molecule has 0 aromatic carbocycles. The highest BCUT2D eigenvalue weighted by atomic mass is 16.2. The summed E-state index contributed by atoms with van der Waals surface area (Å²) in [6.45, 7) is 5.39. The van der Waals surface area contributed by atoms with Gasteiger partial charge in [0.15, 0.2) is 0 Å². The maximum Gasteiger partial charge on any atom is 0.315 e. The van der Waals surface area contributed by atoms with Crippen molar-refractivity contribution < 1.29 is 4.79 Å². The average Bonchev–Trinajstić information content (AvgIpc) is 2.98. The third-order valence-electron chi connectivity index (χ3n) is 3.59. The van der Waals surface area contributed by atoms with E-state index in [1.165, 1.54) is 12.8 Å². The molecule has 0 radical (unpaired) electrons. The van der Waals surface area contributed by atoms with Gasteiger partial charge in [0.2, 0.25) is 0 Å². The Balaban J connectivity index is 1.86. The fourth-order valence-electron chi connectivity index (χ4n) is 2.23. The summed E-state index contributed by atoms with van der Waals surface area (Å²) in [6, 6.07) is 0.667. The van der Waals surface area contributed by atoms with Gasteiger partial charge < -0.3 is 16.0 Å². The number of urea groups is 1. The zero-order chi connectivity index (χ0) is 11.6. The first kappa shape index (κ1) is 11.7. The van der Waals surface area contributed by atoms with Gasteiger partial charge in [0, 0.05) is 17.6 Å². The second-order valence-electron chi connectivity index (χ2n) is 5.59. The fraction of sp³-hybridized carbons (Fsp3) is 0.917. The summed E-state index contributed by atoms with van der Waals surface area (Å²) in [7, 11) is 0. The molecule has 1 aliphatic heterocycles. The summed E-state index contributed by atoms with van der Waals surface area (Å²) >= 11 is 0. The van der Waals surface area contributed by atoms with Crippen molar-refractivity contribution in [2.45, 2.75) is 63.6 Å². The monoisotopic (exact) mass is 225 g/mol. The predicted octanol–water partition coefficient (Wildman–Crippen LogP) is 1.37. The second-order valence-corrected chi connectivity index (χ2v) is 5.59. The Bertz CT molecular complexity index is 261. The minimum atomic E-state index is -0.00259. The van der Waals surface area contributed by atoms with Crippen LogP contribution in [0.5, 0.6) is 0 Å². The lowest BCUT2D eigenvalue weighted by molar-refractivity contribution is 0.222. The minimum Gasteiger partial charge on any atom is -0.335 e. The molecule has 0 bridgehead atoms. The van der Waals surface area contributed by atoms with Crippen LogP contribution in [0.25, 0.3) is 0 Å². The SMILES string of the molecule is CC1(C)NCCCCC1NC(=O)NC1CC1. The summed E-state index contributed by atoms with van der Waals surface area (Å²) in [6.07, 6.45) is 5.73. The highest BCUT2D eigenvalue weighted by Crippen LogP contribution is 2.20. The third kappa shape index (κ3) is 3.11. The number of hydrogen-bond acceptors (Lipinski definition) is 2. The summed E-state index contributed by atoms with van der Waals surface area (Å²) in [5.74, 6) is 0. The van der Waals surface area contributed by atoms with E-state index < -0.39 is 0 Å². The molecule has 3 N–H and O–H groups in total. The van der Waals surface area contributed by atoms with Crippen molar-refractivity contribution in [2.24, 2.45) is 0 Å². The van der Waals surface area contributed by atoms with E-state index in [9.17, 15) is 4.79 Å². The summed E-state index contributed by atoms with van der Waals surface area (Å²) in [4.78, 5) is 11.7. The molecule has 1 saturated heterocycles. The molecule has 2 fully saturated rings. The van der Waals surface area contributed by atoms with Crippen molar-refractivity contribution in [1.29, 1.82) is 0 Å². The maximum atomic E-state index is 11.7. The minimum absolute atomic E-state index is 0.00259. The van der Waals surface area contributed by atoms with E-state index in [0.717, 1.165) is 25.8 Å². The van der Waals surface area contributed by atoms with Gasteiger partial charge in [0.25, 0.3) is 0 Å². The Kier molecular flexibility index (Phi) is 3.38. The zero-order valence-corrected chi connectivity index (χ0v) is 10.3. The molecule has 1 atom stereocenters. The molecule has 2 rings (SSSR count).